The van der Waals surface area contributed by atoms with E-state index in [1.165, 1.54) is 5.56 Å². The molecule has 0 radical (unpaired) electrons. The molecule has 0 fully saturated rings. The fourth-order valence-corrected chi connectivity index (χ4v) is 1.79. The molecule has 1 aromatic rings. The van der Waals surface area contributed by atoms with Gasteiger partial charge in [0.2, 0.25) is 5.91 Å². The highest BCUT2D eigenvalue weighted by molar-refractivity contribution is 5.78. The first kappa shape index (κ1) is 15.7. The molecule has 0 aliphatic rings. The Bertz CT molecular complexity index is 402. The molecule has 0 unspecified atom stereocenters. The van der Waals surface area contributed by atoms with Crippen LogP contribution in [-0.4, -0.2) is 38.0 Å². The molecular formula is C16H26N2O. The summed E-state index contributed by atoms with van der Waals surface area (Å²) < 4.78 is 0. The van der Waals surface area contributed by atoms with Crippen molar-refractivity contribution in [2.75, 3.05) is 27.2 Å². The minimum atomic E-state index is 0.0883. The molecule has 0 bridgehead atoms. The fraction of sp³-hybridized carbons (Fsp3) is 0.562. The van der Waals surface area contributed by atoms with Gasteiger partial charge in [-0.1, -0.05) is 45.0 Å². The summed E-state index contributed by atoms with van der Waals surface area (Å²) in [5.41, 5.74) is 2.52. The maximum atomic E-state index is 11.7. The fourth-order valence-electron chi connectivity index (χ4n) is 1.79. The molecule has 0 aromatic heterocycles. The third-order valence-corrected chi connectivity index (χ3v) is 3.07. The van der Waals surface area contributed by atoms with Crippen LogP contribution in [0.4, 0.5) is 0 Å². The van der Waals surface area contributed by atoms with Gasteiger partial charge in [0.05, 0.1) is 6.42 Å². The second-order valence-corrected chi connectivity index (χ2v) is 6.28. The van der Waals surface area contributed by atoms with E-state index in [4.69, 9.17) is 0 Å². The van der Waals surface area contributed by atoms with Crippen LogP contribution in [0.5, 0.6) is 0 Å². The van der Waals surface area contributed by atoms with E-state index in [1.807, 2.05) is 26.2 Å². The smallest absolute Gasteiger partial charge is 0.224 e. The van der Waals surface area contributed by atoms with Crippen molar-refractivity contribution in [2.24, 2.45) is 0 Å². The molecule has 0 saturated heterocycles. The van der Waals surface area contributed by atoms with Crippen LogP contribution in [0.1, 0.15) is 31.9 Å². The van der Waals surface area contributed by atoms with Gasteiger partial charge in [0.1, 0.15) is 0 Å². The molecule has 19 heavy (non-hydrogen) atoms. The largest absolute Gasteiger partial charge is 0.355 e. The zero-order chi connectivity index (χ0) is 14.5. The van der Waals surface area contributed by atoms with Crippen molar-refractivity contribution in [3.8, 4) is 0 Å². The number of benzene rings is 1. The third-order valence-electron chi connectivity index (χ3n) is 3.07. The lowest BCUT2D eigenvalue weighted by Crippen LogP contribution is -2.32. The third kappa shape index (κ3) is 5.88. The standard InChI is InChI=1S/C16H26N2O/c1-16(2,3)14-8-6-13(7-9-14)12-15(19)17-10-11-18(4)5/h6-9H,10-12H2,1-5H3,(H,17,19). The van der Waals surface area contributed by atoms with Gasteiger partial charge in [-0.25, -0.2) is 0 Å². The van der Waals surface area contributed by atoms with Crippen LogP contribution in [0, 0.1) is 0 Å². The maximum Gasteiger partial charge on any atom is 0.224 e. The highest BCUT2D eigenvalue weighted by Crippen LogP contribution is 2.22. The van der Waals surface area contributed by atoms with E-state index in [2.05, 4.69) is 43.1 Å². The first-order valence-corrected chi connectivity index (χ1v) is 6.80. The van der Waals surface area contributed by atoms with Gasteiger partial charge in [-0.05, 0) is 30.6 Å². The number of carbonyl (C=O) groups excluding carboxylic acids is 1. The number of amides is 1. The van der Waals surface area contributed by atoms with Gasteiger partial charge in [0.15, 0.2) is 0 Å². The number of likely N-dealkylation sites (N-methyl/N-ethyl adjacent to an activating group) is 1. The molecule has 1 aromatic carbocycles. The zero-order valence-electron chi connectivity index (χ0n) is 12.8. The molecule has 0 aliphatic carbocycles. The van der Waals surface area contributed by atoms with Crippen molar-refractivity contribution in [3.05, 3.63) is 35.4 Å². The van der Waals surface area contributed by atoms with Gasteiger partial charge in [-0.3, -0.25) is 4.79 Å². The van der Waals surface area contributed by atoms with Gasteiger partial charge in [0, 0.05) is 13.1 Å². The first-order valence-electron chi connectivity index (χ1n) is 6.80. The molecule has 1 rings (SSSR count). The Balaban J connectivity index is 2.47. The normalized spacial score (nSPS) is 11.7. The summed E-state index contributed by atoms with van der Waals surface area (Å²) >= 11 is 0. The van der Waals surface area contributed by atoms with E-state index >= 15 is 0 Å². The molecular weight excluding hydrogens is 236 g/mol. The van der Waals surface area contributed by atoms with Crippen LogP contribution in [0.2, 0.25) is 0 Å². The Morgan fingerprint density at radius 1 is 1.16 bits per heavy atom. The van der Waals surface area contributed by atoms with Crippen molar-refractivity contribution in [1.82, 2.24) is 10.2 Å². The summed E-state index contributed by atoms with van der Waals surface area (Å²) in [6.45, 7) is 8.14. The SMILES string of the molecule is CN(C)CCNC(=O)Cc1ccc(C(C)(C)C)cc1. The predicted octanol–water partition coefficient (Wildman–Crippen LogP) is 2.20. The van der Waals surface area contributed by atoms with Crippen LogP contribution in [0.15, 0.2) is 24.3 Å². The summed E-state index contributed by atoms with van der Waals surface area (Å²) in [5.74, 6) is 0.0883. The van der Waals surface area contributed by atoms with Crippen molar-refractivity contribution in [3.63, 3.8) is 0 Å². The second-order valence-electron chi connectivity index (χ2n) is 6.28. The van der Waals surface area contributed by atoms with Gasteiger partial charge in [0.25, 0.3) is 0 Å². The van der Waals surface area contributed by atoms with Crippen LogP contribution in [0.25, 0.3) is 0 Å². The van der Waals surface area contributed by atoms with Crippen LogP contribution >= 0.6 is 0 Å². The van der Waals surface area contributed by atoms with Crippen LogP contribution in [0.3, 0.4) is 0 Å². The van der Waals surface area contributed by atoms with Crippen LogP contribution in [-0.2, 0) is 16.6 Å². The Morgan fingerprint density at radius 2 is 1.74 bits per heavy atom. The molecule has 3 nitrogen and oxygen atoms in total. The summed E-state index contributed by atoms with van der Waals surface area (Å²) in [5, 5.41) is 2.93. The van der Waals surface area contributed by atoms with E-state index < -0.39 is 0 Å². The average Bonchev–Trinajstić information content (AvgIpc) is 2.27. The molecule has 106 valence electrons. The number of rotatable bonds is 5. The van der Waals surface area contributed by atoms with Crippen molar-refractivity contribution < 1.29 is 4.79 Å². The highest BCUT2D eigenvalue weighted by atomic mass is 16.1. The van der Waals surface area contributed by atoms with Gasteiger partial charge < -0.3 is 10.2 Å². The number of hydrogen-bond donors (Lipinski definition) is 1. The molecule has 0 heterocycles. The summed E-state index contributed by atoms with van der Waals surface area (Å²) in [6.07, 6.45) is 0.456. The quantitative estimate of drug-likeness (QED) is 0.882. The lowest BCUT2D eigenvalue weighted by Gasteiger charge is -2.19. The highest BCUT2D eigenvalue weighted by Gasteiger charge is 2.13. The number of carbonyl (C=O) groups is 1. The van der Waals surface area contributed by atoms with Crippen molar-refractivity contribution >= 4 is 5.91 Å². The maximum absolute atomic E-state index is 11.7. The average molecular weight is 262 g/mol. The summed E-state index contributed by atoms with van der Waals surface area (Å²) in [6, 6.07) is 8.32. The van der Waals surface area contributed by atoms with E-state index in [0.29, 0.717) is 13.0 Å². The monoisotopic (exact) mass is 262 g/mol. The predicted molar refractivity (Wildman–Crippen MR) is 80.4 cm³/mol. The van der Waals surface area contributed by atoms with Gasteiger partial charge in [-0.2, -0.15) is 0 Å². The molecule has 0 saturated carbocycles. The lowest BCUT2D eigenvalue weighted by atomic mass is 9.86. The number of nitrogens with zero attached hydrogens (tertiary/aromatic N) is 1. The number of hydrogen-bond acceptors (Lipinski definition) is 2. The Kier molecular flexibility index (Phi) is 5.55. The molecule has 1 N–H and O–H groups in total. The van der Waals surface area contributed by atoms with E-state index in [1.54, 1.807) is 0 Å². The Labute approximate surface area is 117 Å². The minimum absolute atomic E-state index is 0.0883. The summed E-state index contributed by atoms with van der Waals surface area (Å²) in [7, 11) is 3.99. The lowest BCUT2D eigenvalue weighted by molar-refractivity contribution is -0.120. The Morgan fingerprint density at radius 3 is 2.21 bits per heavy atom. The van der Waals surface area contributed by atoms with E-state index in [9.17, 15) is 4.79 Å². The van der Waals surface area contributed by atoms with Crippen LogP contribution < -0.4 is 5.32 Å². The minimum Gasteiger partial charge on any atom is -0.355 e. The molecule has 0 atom stereocenters. The first-order chi connectivity index (χ1) is 8.79. The van der Waals surface area contributed by atoms with Crippen molar-refractivity contribution in [2.45, 2.75) is 32.6 Å². The zero-order valence-corrected chi connectivity index (χ0v) is 12.8. The van der Waals surface area contributed by atoms with E-state index in [-0.39, 0.29) is 11.3 Å². The molecule has 0 spiro atoms. The van der Waals surface area contributed by atoms with Crippen molar-refractivity contribution in [1.29, 1.82) is 0 Å². The number of nitrogens with one attached hydrogen (secondary N) is 1. The molecule has 0 aliphatic heterocycles. The molecule has 3 heteroatoms. The van der Waals surface area contributed by atoms with Gasteiger partial charge >= 0.3 is 0 Å². The Hall–Kier alpha value is -1.35. The van der Waals surface area contributed by atoms with Gasteiger partial charge in [-0.15, -0.1) is 0 Å². The topological polar surface area (TPSA) is 32.3 Å². The van der Waals surface area contributed by atoms with E-state index in [0.717, 1.165) is 12.1 Å². The second kappa shape index (κ2) is 6.71. The molecule has 1 amide bonds. The summed E-state index contributed by atoms with van der Waals surface area (Å²) in [4.78, 5) is 13.8.